The molecule has 1 spiro atoms. The van der Waals surface area contributed by atoms with Gasteiger partial charge in [-0.05, 0) is 19.1 Å². The molecule has 2 aliphatic heterocycles. The molecule has 2 heterocycles. The Morgan fingerprint density at radius 2 is 1.80 bits per heavy atom. The van der Waals surface area contributed by atoms with Crippen LogP contribution >= 0.6 is 0 Å². The number of rotatable bonds is 5. The van der Waals surface area contributed by atoms with Crippen molar-refractivity contribution in [2.75, 3.05) is 39.5 Å². The van der Waals surface area contributed by atoms with Crippen molar-refractivity contribution >= 4 is 11.8 Å². The topological polar surface area (TPSA) is 77.1 Å². The number of ether oxygens (including phenoxy) is 3. The maximum absolute atomic E-state index is 12.2. The van der Waals surface area contributed by atoms with Crippen LogP contribution in [0.3, 0.4) is 0 Å². The molecule has 0 radical (unpaired) electrons. The molecule has 0 unspecified atom stereocenters. The molecule has 0 bridgehead atoms. The van der Waals surface area contributed by atoms with Crippen molar-refractivity contribution in [2.45, 2.75) is 25.6 Å². The second-order valence-corrected chi connectivity index (χ2v) is 6.37. The van der Waals surface area contributed by atoms with Crippen molar-refractivity contribution < 1.29 is 23.8 Å². The van der Waals surface area contributed by atoms with Crippen LogP contribution in [0, 0.1) is 6.92 Å². The van der Waals surface area contributed by atoms with E-state index in [1.807, 2.05) is 31.2 Å². The first kappa shape index (κ1) is 17.7. The van der Waals surface area contributed by atoms with Gasteiger partial charge in [0.05, 0.1) is 19.8 Å². The quantitative estimate of drug-likeness (QED) is 0.854. The fourth-order valence-electron chi connectivity index (χ4n) is 3.00. The normalized spacial score (nSPS) is 19.0. The highest BCUT2D eigenvalue weighted by molar-refractivity contribution is 5.85. The minimum absolute atomic E-state index is 0.0230. The number of carbonyl (C=O) groups is 2. The number of hydrogen-bond acceptors (Lipinski definition) is 5. The Labute approximate surface area is 147 Å². The van der Waals surface area contributed by atoms with E-state index < -0.39 is 5.79 Å². The highest BCUT2D eigenvalue weighted by Gasteiger charge is 2.40. The van der Waals surface area contributed by atoms with Crippen molar-refractivity contribution in [2.24, 2.45) is 0 Å². The van der Waals surface area contributed by atoms with Gasteiger partial charge in [-0.2, -0.15) is 0 Å². The zero-order valence-corrected chi connectivity index (χ0v) is 14.5. The Kier molecular flexibility index (Phi) is 5.55. The maximum atomic E-state index is 12.2. The molecule has 2 amide bonds. The fourth-order valence-corrected chi connectivity index (χ4v) is 3.00. The van der Waals surface area contributed by atoms with E-state index in [1.165, 1.54) is 0 Å². The van der Waals surface area contributed by atoms with Crippen LogP contribution < -0.4 is 10.1 Å². The Morgan fingerprint density at radius 3 is 2.44 bits per heavy atom. The molecule has 2 saturated heterocycles. The third-order valence-electron chi connectivity index (χ3n) is 4.52. The zero-order chi connectivity index (χ0) is 17.7. The molecule has 2 fully saturated rings. The number of aryl methyl sites for hydroxylation is 1. The Morgan fingerprint density at radius 1 is 1.16 bits per heavy atom. The standard InChI is InChI=1S/C18H24N2O5/c1-14-2-4-15(5-3-14)23-13-16(21)19-12-17(22)20-8-6-18(7-9-20)24-10-11-25-18/h2-5H,6-13H2,1H3,(H,19,21). The minimum atomic E-state index is -0.498. The monoisotopic (exact) mass is 348 g/mol. The summed E-state index contributed by atoms with van der Waals surface area (Å²) < 4.78 is 16.7. The molecule has 0 aliphatic carbocycles. The summed E-state index contributed by atoms with van der Waals surface area (Å²) in [5.41, 5.74) is 1.12. The Balaban J connectivity index is 1.35. The van der Waals surface area contributed by atoms with E-state index in [4.69, 9.17) is 14.2 Å². The molecule has 25 heavy (non-hydrogen) atoms. The van der Waals surface area contributed by atoms with Crippen molar-refractivity contribution in [1.82, 2.24) is 10.2 Å². The Hall–Kier alpha value is -2.12. The summed E-state index contributed by atoms with van der Waals surface area (Å²) in [4.78, 5) is 25.8. The summed E-state index contributed by atoms with van der Waals surface area (Å²) in [6.07, 6.45) is 1.34. The number of likely N-dealkylation sites (tertiary alicyclic amines) is 1. The van der Waals surface area contributed by atoms with E-state index >= 15 is 0 Å². The molecule has 7 heteroatoms. The van der Waals surface area contributed by atoms with Crippen LogP contribution in [-0.2, 0) is 19.1 Å². The van der Waals surface area contributed by atoms with Gasteiger partial charge in [-0.1, -0.05) is 17.7 Å². The number of benzene rings is 1. The maximum Gasteiger partial charge on any atom is 0.258 e. The lowest BCUT2D eigenvalue weighted by atomic mass is 10.0. The van der Waals surface area contributed by atoms with E-state index in [-0.39, 0.29) is 25.0 Å². The first-order chi connectivity index (χ1) is 12.1. The van der Waals surface area contributed by atoms with Gasteiger partial charge in [-0.3, -0.25) is 9.59 Å². The SMILES string of the molecule is Cc1ccc(OCC(=O)NCC(=O)N2CCC3(CC2)OCCO3)cc1. The fraction of sp³-hybridized carbons (Fsp3) is 0.556. The number of nitrogens with zero attached hydrogens (tertiary/aromatic N) is 1. The lowest BCUT2D eigenvalue weighted by Crippen LogP contribution is -2.50. The molecule has 1 aromatic carbocycles. The molecule has 1 aromatic rings. The highest BCUT2D eigenvalue weighted by atomic mass is 16.7. The van der Waals surface area contributed by atoms with E-state index in [2.05, 4.69) is 5.32 Å². The number of piperidine rings is 1. The highest BCUT2D eigenvalue weighted by Crippen LogP contribution is 2.31. The molecule has 136 valence electrons. The summed E-state index contributed by atoms with van der Waals surface area (Å²) >= 11 is 0. The van der Waals surface area contributed by atoms with Gasteiger partial charge in [0.25, 0.3) is 5.91 Å². The van der Waals surface area contributed by atoms with Gasteiger partial charge in [0, 0.05) is 25.9 Å². The number of hydrogen-bond donors (Lipinski definition) is 1. The first-order valence-corrected chi connectivity index (χ1v) is 8.58. The van der Waals surface area contributed by atoms with Crippen LogP contribution in [0.25, 0.3) is 0 Å². The van der Waals surface area contributed by atoms with Crippen molar-refractivity contribution in [3.63, 3.8) is 0 Å². The number of amides is 2. The molecule has 3 rings (SSSR count). The predicted octanol–water partition coefficient (Wildman–Crippen LogP) is 0.856. The third-order valence-corrected chi connectivity index (χ3v) is 4.52. The third kappa shape index (κ3) is 4.70. The molecule has 0 aromatic heterocycles. The molecule has 1 N–H and O–H groups in total. The molecule has 2 aliphatic rings. The van der Waals surface area contributed by atoms with Gasteiger partial charge in [-0.25, -0.2) is 0 Å². The van der Waals surface area contributed by atoms with Crippen LogP contribution in [0.4, 0.5) is 0 Å². The number of nitrogens with one attached hydrogen (secondary N) is 1. The molecule has 0 saturated carbocycles. The smallest absolute Gasteiger partial charge is 0.258 e. The van der Waals surface area contributed by atoms with Gasteiger partial charge in [0.2, 0.25) is 5.91 Å². The molecular formula is C18H24N2O5. The van der Waals surface area contributed by atoms with Crippen LogP contribution in [0.5, 0.6) is 5.75 Å². The van der Waals surface area contributed by atoms with Gasteiger partial charge in [0.1, 0.15) is 5.75 Å². The molecular weight excluding hydrogens is 324 g/mol. The van der Waals surface area contributed by atoms with Crippen LogP contribution in [0.2, 0.25) is 0 Å². The summed E-state index contributed by atoms with van der Waals surface area (Å²) in [6, 6.07) is 7.45. The van der Waals surface area contributed by atoms with Gasteiger partial charge >= 0.3 is 0 Å². The molecule has 0 atom stereocenters. The first-order valence-electron chi connectivity index (χ1n) is 8.58. The van der Waals surface area contributed by atoms with Crippen LogP contribution in [0.15, 0.2) is 24.3 Å². The number of carbonyl (C=O) groups excluding carboxylic acids is 2. The largest absolute Gasteiger partial charge is 0.484 e. The average Bonchev–Trinajstić information content (AvgIpc) is 3.08. The van der Waals surface area contributed by atoms with E-state index in [9.17, 15) is 9.59 Å². The van der Waals surface area contributed by atoms with Gasteiger partial charge in [0.15, 0.2) is 12.4 Å². The second kappa shape index (κ2) is 7.84. The van der Waals surface area contributed by atoms with E-state index in [0.717, 1.165) is 5.56 Å². The van der Waals surface area contributed by atoms with Crippen molar-refractivity contribution in [1.29, 1.82) is 0 Å². The van der Waals surface area contributed by atoms with E-state index in [1.54, 1.807) is 4.90 Å². The van der Waals surface area contributed by atoms with Crippen LogP contribution in [-0.4, -0.2) is 62.0 Å². The lowest BCUT2D eigenvalue weighted by Gasteiger charge is -2.37. The van der Waals surface area contributed by atoms with Crippen LogP contribution in [0.1, 0.15) is 18.4 Å². The Bertz CT molecular complexity index is 600. The van der Waals surface area contributed by atoms with Crippen molar-refractivity contribution in [3.05, 3.63) is 29.8 Å². The predicted molar refractivity (Wildman–Crippen MR) is 90.1 cm³/mol. The average molecular weight is 348 g/mol. The minimum Gasteiger partial charge on any atom is -0.484 e. The summed E-state index contributed by atoms with van der Waals surface area (Å²) in [5.74, 6) is -0.284. The molecule has 7 nitrogen and oxygen atoms in total. The van der Waals surface area contributed by atoms with Crippen molar-refractivity contribution in [3.8, 4) is 5.75 Å². The summed E-state index contributed by atoms with van der Waals surface area (Å²) in [6.45, 7) is 4.24. The second-order valence-electron chi connectivity index (χ2n) is 6.37. The van der Waals surface area contributed by atoms with Gasteiger partial charge in [-0.15, -0.1) is 0 Å². The summed E-state index contributed by atoms with van der Waals surface area (Å²) in [5, 5.41) is 2.60. The summed E-state index contributed by atoms with van der Waals surface area (Å²) in [7, 11) is 0. The van der Waals surface area contributed by atoms with Gasteiger partial charge < -0.3 is 24.4 Å². The van der Waals surface area contributed by atoms with E-state index in [0.29, 0.717) is 44.9 Å². The lowest BCUT2D eigenvalue weighted by molar-refractivity contribution is -0.187. The zero-order valence-electron chi connectivity index (χ0n) is 14.5.